The van der Waals surface area contributed by atoms with Crippen LogP contribution in [0.25, 0.3) is 0 Å². The molecule has 3 rings (SSSR count). The van der Waals surface area contributed by atoms with Crippen LogP contribution in [0.4, 0.5) is 0 Å². The second-order valence-electron chi connectivity index (χ2n) is 6.07. The zero-order chi connectivity index (χ0) is 14.8. The average molecular weight is 364 g/mol. The van der Waals surface area contributed by atoms with Crippen molar-refractivity contribution in [2.75, 3.05) is 0 Å². The monoisotopic (exact) mass is 363 g/mol. The molecule has 21 heavy (non-hydrogen) atoms. The lowest BCUT2D eigenvalue weighted by Crippen LogP contribution is -2.33. The maximum Gasteiger partial charge on any atom is 0.0704 e. The van der Waals surface area contributed by atoms with Crippen molar-refractivity contribution in [3.05, 3.63) is 55.7 Å². The third-order valence-corrected chi connectivity index (χ3v) is 6.07. The highest BCUT2D eigenvalue weighted by Gasteiger charge is 2.23. The van der Waals surface area contributed by atoms with E-state index in [9.17, 15) is 0 Å². The van der Waals surface area contributed by atoms with Gasteiger partial charge in [-0.25, -0.2) is 0 Å². The highest BCUT2D eigenvalue weighted by molar-refractivity contribution is 9.11. The van der Waals surface area contributed by atoms with Gasteiger partial charge < -0.3 is 5.32 Å². The van der Waals surface area contributed by atoms with Crippen molar-refractivity contribution in [2.24, 2.45) is 0 Å². The maximum absolute atomic E-state index is 3.85. The summed E-state index contributed by atoms with van der Waals surface area (Å²) in [6, 6.07) is 12.1. The van der Waals surface area contributed by atoms with E-state index in [2.05, 4.69) is 65.4 Å². The molecule has 0 amide bonds. The van der Waals surface area contributed by atoms with Gasteiger partial charge in [0.25, 0.3) is 0 Å². The van der Waals surface area contributed by atoms with E-state index >= 15 is 0 Å². The van der Waals surface area contributed by atoms with Gasteiger partial charge in [-0.2, -0.15) is 0 Å². The van der Waals surface area contributed by atoms with Gasteiger partial charge >= 0.3 is 0 Å². The van der Waals surface area contributed by atoms with Gasteiger partial charge in [0.2, 0.25) is 0 Å². The number of hydrogen-bond donors (Lipinski definition) is 1. The average Bonchev–Trinajstić information content (AvgIpc) is 2.83. The van der Waals surface area contributed by atoms with E-state index in [1.165, 1.54) is 39.7 Å². The van der Waals surface area contributed by atoms with Crippen LogP contribution in [0.3, 0.4) is 0 Å². The van der Waals surface area contributed by atoms with E-state index in [0.717, 1.165) is 6.42 Å². The summed E-state index contributed by atoms with van der Waals surface area (Å²) >= 11 is 5.54. The molecule has 1 nitrogen and oxygen atoms in total. The number of fused-ring (bicyclic) bond motifs is 1. The van der Waals surface area contributed by atoms with Crippen molar-refractivity contribution < 1.29 is 0 Å². The van der Waals surface area contributed by atoms with Crippen LogP contribution in [-0.2, 0) is 12.8 Å². The predicted octanol–water partition coefficient (Wildman–Crippen LogP) is 5.42. The Hall–Kier alpha value is -0.640. The van der Waals surface area contributed by atoms with Crippen LogP contribution < -0.4 is 5.32 Å². The maximum atomic E-state index is 3.85. The fourth-order valence-corrected chi connectivity index (χ4v) is 5.09. The minimum absolute atomic E-state index is 0.501. The SMILES string of the molecule is Cc1ccccc1CC(C)NC1CCCc2sc(Br)cc21. The van der Waals surface area contributed by atoms with E-state index < -0.39 is 0 Å². The molecule has 2 unspecified atom stereocenters. The third kappa shape index (κ3) is 3.58. The summed E-state index contributed by atoms with van der Waals surface area (Å²) in [7, 11) is 0. The molecule has 2 atom stereocenters. The van der Waals surface area contributed by atoms with Crippen molar-refractivity contribution in [2.45, 2.75) is 51.6 Å². The molecular weight excluding hydrogens is 342 g/mol. The summed E-state index contributed by atoms with van der Waals surface area (Å²) in [6.07, 6.45) is 4.91. The van der Waals surface area contributed by atoms with Crippen LogP contribution in [0.5, 0.6) is 0 Å². The number of nitrogens with one attached hydrogen (secondary N) is 1. The number of thiophene rings is 1. The van der Waals surface area contributed by atoms with Crippen LogP contribution in [0.15, 0.2) is 34.1 Å². The van der Waals surface area contributed by atoms with Crippen LogP contribution >= 0.6 is 27.3 Å². The number of rotatable bonds is 4. The molecule has 0 radical (unpaired) electrons. The summed E-state index contributed by atoms with van der Waals surface area (Å²) in [5, 5.41) is 3.85. The molecule has 1 aliphatic carbocycles. The highest BCUT2D eigenvalue weighted by Crippen LogP contribution is 2.38. The van der Waals surface area contributed by atoms with Crippen LogP contribution in [0, 0.1) is 6.92 Å². The summed E-state index contributed by atoms with van der Waals surface area (Å²) in [5.41, 5.74) is 4.38. The van der Waals surface area contributed by atoms with Crippen LogP contribution in [0.1, 0.15) is 47.4 Å². The molecule has 0 bridgehead atoms. The minimum Gasteiger partial charge on any atom is -0.307 e. The van der Waals surface area contributed by atoms with Crippen molar-refractivity contribution in [1.29, 1.82) is 0 Å². The molecule has 0 aliphatic heterocycles. The quantitative estimate of drug-likeness (QED) is 0.764. The van der Waals surface area contributed by atoms with Gasteiger partial charge in [0.05, 0.1) is 3.79 Å². The van der Waals surface area contributed by atoms with Gasteiger partial charge in [0.15, 0.2) is 0 Å². The second kappa shape index (κ2) is 6.64. The molecule has 2 aromatic rings. The fraction of sp³-hybridized carbons (Fsp3) is 0.444. The van der Waals surface area contributed by atoms with Gasteiger partial charge in [-0.3, -0.25) is 0 Å². The van der Waals surface area contributed by atoms with E-state index in [1.807, 2.05) is 11.3 Å². The Morgan fingerprint density at radius 1 is 1.38 bits per heavy atom. The molecule has 1 aromatic carbocycles. The van der Waals surface area contributed by atoms with Gasteiger partial charge in [0, 0.05) is 17.0 Å². The molecule has 112 valence electrons. The Morgan fingerprint density at radius 3 is 3.00 bits per heavy atom. The first-order valence-electron chi connectivity index (χ1n) is 7.72. The fourth-order valence-electron chi connectivity index (χ4n) is 3.27. The molecule has 1 heterocycles. The summed E-state index contributed by atoms with van der Waals surface area (Å²) in [6.45, 7) is 4.51. The van der Waals surface area contributed by atoms with E-state index in [-0.39, 0.29) is 0 Å². The minimum atomic E-state index is 0.501. The van der Waals surface area contributed by atoms with E-state index in [0.29, 0.717) is 12.1 Å². The molecule has 1 aromatic heterocycles. The topological polar surface area (TPSA) is 12.0 Å². The summed E-state index contributed by atoms with van der Waals surface area (Å²) in [4.78, 5) is 1.56. The first kappa shape index (κ1) is 15.3. The van der Waals surface area contributed by atoms with Crippen molar-refractivity contribution in [3.63, 3.8) is 0 Å². The Morgan fingerprint density at radius 2 is 2.19 bits per heavy atom. The van der Waals surface area contributed by atoms with Gasteiger partial charge in [-0.05, 0) is 78.2 Å². The molecule has 1 N–H and O–H groups in total. The molecule has 0 spiro atoms. The standard InChI is InChI=1S/C18H22BrNS/c1-12-6-3-4-7-14(12)10-13(2)20-16-8-5-9-17-15(16)11-18(19)21-17/h3-4,6-7,11,13,16,20H,5,8-10H2,1-2H3. The normalized spacial score (nSPS) is 19.3. The van der Waals surface area contributed by atoms with Gasteiger partial charge in [0.1, 0.15) is 0 Å². The lowest BCUT2D eigenvalue weighted by molar-refractivity contribution is 0.409. The zero-order valence-electron chi connectivity index (χ0n) is 12.7. The molecule has 0 saturated carbocycles. The van der Waals surface area contributed by atoms with Crippen molar-refractivity contribution in [1.82, 2.24) is 5.32 Å². The largest absolute Gasteiger partial charge is 0.307 e. The first-order chi connectivity index (χ1) is 10.1. The van der Waals surface area contributed by atoms with E-state index in [4.69, 9.17) is 0 Å². The van der Waals surface area contributed by atoms with E-state index in [1.54, 1.807) is 4.88 Å². The van der Waals surface area contributed by atoms with Crippen LogP contribution in [0.2, 0.25) is 0 Å². The Labute approximate surface area is 139 Å². The van der Waals surface area contributed by atoms with Crippen molar-refractivity contribution >= 4 is 27.3 Å². The number of aryl methyl sites for hydroxylation is 2. The number of benzene rings is 1. The second-order valence-corrected chi connectivity index (χ2v) is 8.59. The Balaban J connectivity index is 1.68. The molecule has 1 aliphatic rings. The highest BCUT2D eigenvalue weighted by atomic mass is 79.9. The predicted molar refractivity (Wildman–Crippen MR) is 95.2 cm³/mol. The molecular formula is C18H22BrNS. The van der Waals surface area contributed by atoms with Gasteiger partial charge in [-0.1, -0.05) is 24.3 Å². The smallest absolute Gasteiger partial charge is 0.0704 e. The van der Waals surface area contributed by atoms with Crippen molar-refractivity contribution in [3.8, 4) is 0 Å². The Bertz CT molecular complexity index is 619. The lowest BCUT2D eigenvalue weighted by Gasteiger charge is -2.27. The first-order valence-corrected chi connectivity index (χ1v) is 9.33. The Kier molecular flexibility index (Phi) is 4.82. The summed E-state index contributed by atoms with van der Waals surface area (Å²) < 4.78 is 1.27. The van der Waals surface area contributed by atoms with Gasteiger partial charge in [-0.15, -0.1) is 11.3 Å². The summed E-state index contributed by atoms with van der Waals surface area (Å²) in [5.74, 6) is 0. The van der Waals surface area contributed by atoms with Crippen LogP contribution in [-0.4, -0.2) is 6.04 Å². The zero-order valence-corrected chi connectivity index (χ0v) is 15.1. The number of hydrogen-bond acceptors (Lipinski definition) is 2. The number of halogens is 1. The lowest BCUT2D eigenvalue weighted by atomic mass is 9.92. The molecule has 0 fully saturated rings. The molecule has 3 heteroatoms. The molecule has 0 saturated heterocycles. The third-order valence-electron chi connectivity index (χ3n) is 4.36.